The van der Waals surface area contributed by atoms with Crippen LogP contribution in [0.3, 0.4) is 0 Å². The van der Waals surface area contributed by atoms with Crippen molar-refractivity contribution in [3.05, 3.63) is 57.9 Å². The minimum Gasteiger partial charge on any atom is -0.495 e. The van der Waals surface area contributed by atoms with E-state index in [1.807, 2.05) is 0 Å². The van der Waals surface area contributed by atoms with Gasteiger partial charge in [0.1, 0.15) is 5.75 Å². The van der Waals surface area contributed by atoms with Gasteiger partial charge in [0.25, 0.3) is 5.69 Å². The average Bonchev–Trinajstić information content (AvgIpc) is 2.67. The summed E-state index contributed by atoms with van der Waals surface area (Å²) in [4.78, 5) is 24.7. The van der Waals surface area contributed by atoms with Crippen molar-refractivity contribution in [1.82, 2.24) is 4.90 Å². The number of nitrogens with zero attached hydrogens (tertiary/aromatic N) is 2. The standard InChI is InChI=1S/C19H22FN3O5/c1-12(22(2)11-13-5-7-17(27-3)15(20)9-13)19(24)21-16-10-14(23(25)26)6-8-18(16)28-4/h5-10,12H,11H2,1-4H3,(H,21,24). The molecule has 0 fully saturated rings. The molecule has 28 heavy (non-hydrogen) atoms. The van der Waals surface area contributed by atoms with Gasteiger partial charge in [0, 0.05) is 18.7 Å². The van der Waals surface area contributed by atoms with Crippen LogP contribution in [0.5, 0.6) is 11.5 Å². The summed E-state index contributed by atoms with van der Waals surface area (Å²) < 4.78 is 23.9. The number of non-ortho nitro benzene ring substituents is 1. The van der Waals surface area contributed by atoms with Crippen LogP contribution in [0.4, 0.5) is 15.8 Å². The van der Waals surface area contributed by atoms with E-state index in [0.717, 1.165) is 0 Å². The first kappa shape index (κ1) is 21.1. The lowest BCUT2D eigenvalue weighted by atomic mass is 10.1. The van der Waals surface area contributed by atoms with E-state index < -0.39 is 16.8 Å². The van der Waals surface area contributed by atoms with Gasteiger partial charge in [0.2, 0.25) is 5.91 Å². The number of methoxy groups -OCH3 is 2. The normalized spacial score (nSPS) is 11.8. The van der Waals surface area contributed by atoms with E-state index in [0.29, 0.717) is 17.9 Å². The lowest BCUT2D eigenvalue weighted by Gasteiger charge is -2.24. The Balaban J connectivity index is 2.10. The molecule has 1 atom stereocenters. The molecule has 2 aromatic carbocycles. The monoisotopic (exact) mass is 391 g/mol. The molecule has 0 radical (unpaired) electrons. The molecule has 2 aromatic rings. The number of nitro groups is 1. The highest BCUT2D eigenvalue weighted by atomic mass is 19.1. The fourth-order valence-electron chi connectivity index (χ4n) is 2.58. The predicted octanol–water partition coefficient (Wildman–Crippen LogP) is 3.21. The quantitative estimate of drug-likeness (QED) is 0.549. The molecular weight excluding hydrogens is 369 g/mol. The van der Waals surface area contributed by atoms with Crippen LogP contribution >= 0.6 is 0 Å². The molecule has 0 heterocycles. The Kier molecular flexibility index (Phi) is 6.89. The van der Waals surface area contributed by atoms with E-state index in [2.05, 4.69) is 5.32 Å². The molecule has 2 rings (SSSR count). The van der Waals surface area contributed by atoms with Crippen LogP contribution in [-0.4, -0.2) is 43.0 Å². The summed E-state index contributed by atoms with van der Waals surface area (Å²) in [7, 11) is 4.51. The Labute approximate surface area is 162 Å². The van der Waals surface area contributed by atoms with Crippen molar-refractivity contribution in [3.63, 3.8) is 0 Å². The fraction of sp³-hybridized carbons (Fsp3) is 0.316. The van der Waals surface area contributed by atoms with Crippen LogP contribution in [-0.2, 0) is 11.3 Å². The van der Waals surface area contributed by atoms with Gasteiger partial charge in [-0.3, -0.25) is 19.8 Å². The van der Waals surface area contributed by atoms with Gasteiger partial charge in [0.15, 0.2) is 11.6 Å². The highest BCUT2D eigenvalue weighted by Gasteiger charge is 2.21. The molecule has 0 spiro atoms. The van der Waals surface area contributed by atoms with Gasteiger partial charge in [-0.25, -0.2) is 4.39 Å². The molecule has 1 amide bonds. The predicted molar refractivity (Wildman–Crippen MR) is 102 cm³/mol. The van der Waals surface area contributed by atoms with Crippen molar-refractivity contribution in [2.24, 2.45) is 0 Å². The SMILES string of the molecule is COc1ccc(CN(C)C(C)C(=O)Nc2cc([N+](=O)[O-])ccc2OC)cc1F. The maximum absolute atomic E-state index is 13.8. The van der Waals surface area contributed by atoms with Gasteiger partial charge in [-0.05, 0) is 37.7 Å². The number of likely N-dealkylation sites (N-methyl/N-ethyl adjacent to an activating group) is 1. The molecule has 8 nitrogen and oxygen atoms in total. The van der Waals surface area contributed by atoms with Crippen molar-refractivity contribution in [2.75, 3.05) is 26.6 Å². The van der Waals surface area contributed by atoms with Crippen LogP contribution in [0.1, 0.15) is 12.5 Å². The minimum atomic E-state index is -0.589. The third-order valence-electron chi connectivity index (χ3n) is 4.34. The maximum atomic E-state index is 13.8. The number of nitro benzene ring substituents is 1. The number of amides is 1. The van der Waals surface area contributed by atoms with Crippen molar-refractivity contribution < 1.29 is 23.6 Å². The van der Waals surface area contributed by atoms with E-state index in [9.17, 15) is 19.3 Å². The van der Waals surface area contributed by atoms with E-state index in [1.165, 1.54) is 44.6 Å². The summed E-state index contributed by atoms with van der Waals surface area (Å²) in [5, 5.41) is 13.6. The summed E-state index contributed by atoms with van der Waals surface area (Å²) >= 11 is 0. The number of halogens is 1. The Morgan fingerprint density at radius 2 is 1.86 bits per heavy atom. The molecule has 0 aliphatic carbocycles. The summed E-state index contributed by atoms with van der Waals surface area (Å²) in [6, 6.07) is 7.95. The van der Waals surface area contributed by atoms with Gasteiger partial charge >= 0.3 is 0 Å². The second kappa shape index (κ2) is 9.14. The second-order valence-electron chi connectivity index (χ2n) is 6.19. The molecule has 1 N–H and O–H groups in total. The number of nitrogens with one attached hydrogen (secondary N) is 1. The van der Waals surface area contributed by atoms with Crippen molar-refractivity contribution >= 4 is 17.3 Å². The third kappa shape index (κ3) is 4.95. The molecular formula is C19H22FN3O5. The first-order valence-electron chi connectivity index (χ1n) is 8.42. The summed E-state index contributed by atoms with van der Waals surface area (Å²) in [6.45, 7) is 2.00. The van der Waals surface area contributed by atoms with Gasteiger partial charge in [0.05, 0.1) is 30.9 Å². The Hall–Kier alpha value is -3.20. The van der Waals surface area contributed by atoms with Crippen LogP contribution in [0.15, 0.2) is 36.4 Å². The zero-order valence-electron chi connectivity index (χ0n) is 16.1. The number of hydrogen-bond acceptors (Lipinski definition) is 6. The Morgan fingerprint density at radius 3 is 2.43 bits per heavy atom. The minimum absolute atomic E-state index is 0.148. The molecule has 0 saturated heterocycles. The second-order valence-corrected chi connectivity index (χ2v) is 6.19. The highest BCUT2D eigenvalue weighted by molar-refractivity contribution is 5.96. The maximum Gasteiger partial charge on any atom is 0.271 e. The van der Waals surface area contributed by atoms with Crippen LogP contribution < -0.4 is 14.8 Å². The van der Waals surface area contributed by atoms with E-state index in [-0.39, 0.29) is 23.0 Å². The molecule has 0 aliphatic rings. The van der Waals surface area contributed by atoms with Crippen molar-refractivity contribution in [3.8, 4) is 11.5 Å². The number of carbonyl (C=O) groups excluding carboxylic acids is 1. The first-order valence-corrected chi connectivity index (χ1v) is 8.42. The topological polar surface area (TPSA) is 93.9 Å². The van der Waals surface area contributed by atoms with Crippen LogP contribution in [0, 0.1) is 15.9 Å². The number of benzene rings is 2. The number of anilines is 1. The van der Waals surface area contributed by atoms with E-state index >= 15 is 0 Å². The number of hydrogen-bond donors (Lipinski definition) is 1. The number of rotatable bonds is 8. The third-order valence-corrected chi connectivity index (χ3v) is 4.34. The van der Waals surface area contributed by atoms with Gasteiger partial charge in [-0.15, -0.1) is 0 Å². The Bertz CT molecular complexity index is 875. The summed E-state index contributed by atoms with van der Waals surface area (Å²) in [5.74, 6) is -0.400. The van der Waals surface area contributed by atoms with E-state index in [4.69, 9.17) is 9.47 Å². The average molecular weight is 391 g/mol. The first-order chi connectivity index (χ1) is 13.3. The van der Waals surface area contributed by atoms with Gasteiger partial charge < -0.3 is 14.8 Å². The van der Waals surface area contributed by atoms with Crippen molar-refractivity contribution in [1.29, 1.82) is 0 Å². The summed E-state index contributed by atoms with van der Waals surface area (Å²) in [5.41, 5.74) is 0.719. The largest absolute Gasteiger partial charge is 0.495 e. The smallest absolute Gasteiger partial charge is 0.271 e. The zero-order chi connectivity index (χ0) is 20.8. The lowest BCUT2D eigenvalue weighted by molar-refractivity contribution is -0.384. The lowest BCUT2D eigenvalue weighted by Crippen LogP contribution is -2.39. The molecule has 9 heteroatoms. The Morgan fingerprint density at radius 1 is 1.21 bits per heavy atom. The van der Waals surface area contributed by atoms with Crippen LogP contribution in [0.2, 0.25) is 0 Å². The molecule has 150 valence electrons. The van der Waals surface area contributed by atoms with Crippen LogP contribution in [0.25, 0.3) is 0 Å². The number of carbonyl (C=O) groups is 1. The highest BCUT2D eigenvalue weighted by Crippen LogP contribution is 2.29. The zero-order valence-corrected chi connectivity index (χ0v) is 16.1. The fourth-order valence-corrected chi connectivity index (χ4v) is 2.58. The van der Waals surface area contributed by atoms with E-state index in [1.54, 1.807) is 24.9 Å². The molecule has 1 unspecified atom stereocenters. The molecule has 0 aromatic heterocycles. The van der Waals surface area contributed by atoms with Gasteiger partial charge in [-0.1, -0.05) is 6.07 Å². The number of ether oxygens (including phenoxy) is 2. The van der Waals surface area contributed by atoms with Crippen molar-refractivity contribution in [2.45, 2.75) is 19.5 Å². The molecule has 0 saturated carbocycles. The molecule has 0 bridgehead atoms. The summed E-state index contributed by atoms with van der Waals surface area (Å²) in [6.07, 6.45) is 0. The van der Waals surface area contributed by atoms with Gasteiger partial charge in [-0.2, -0.15) is 0 Å². The molecule has 0 aliphatic heterocycles.